The maximum atomic E-state index is 13.3. The highest BCUT2D eigenvalue weighted by Gasteiger charge is 2.15. The average molecular weight is 296 g/mol. The van der Waals surface area contributed by atoms with Crippen molar-refractivity contribution in [2.24, 2.45) is 0 Å². The van der Waals surface area contributed by atoms with E-state index in [4.69, 9.17) is 0 Å². The summed E-state index contributed by atoms with van der Waals surface area (Å²) in [6.45, 7) is 4.30. The number of hydrogen-bond acceptors (Lipinski definition) is 1. The highest BCUT2D eigenvalue weighted by atomic mass is 19.1. The molecule has 0 saturated carbocycles. The molecule has 3 rings (SSSR count). The molecule has 0 atom stereocenters. The Morgan fingerprint density at radius 2 is 1.95 bits per heavy atom. The molecule has 0 aliphatic carbocycles. The average Bonchev–Trinajstić information content (AvgIpc) is 2.83. The molecular formula is C18H17FN2O. The van der Waals surface area contributed by atoms with Gasteiger partial charge in [0, 0.05) is 17.4 Å². The third-order valence-electron chi connectivity index (χ3n) is 3.95. The second-order valence-electron chi connectivity index (χ2n) is 5.42. The molecule has 0 aliphatic rings. The molecule has 3 nitrogen and oxygen atoms in total. The second kappa shape index (κ2) is 5.64. The van der Waals surface area contributed by atoms with Gasteiger partial charge in [0.05, 0.1) is 0 Å². The molecule has 0 saturated heterocycles. The molecule has 1 aromatic heterocycles. The topological polar surface area (TPSA) is 44.9 Å². The first-order chi connectivity index (χ1) is 10.6. The first kappa shape index (κ1) is 14.3. The van der Waals surface area contributed by atoms with E-state index in [2.05, 4.69) is 10.3 Å². The normalized spacial score (nSPS) is 10.9. The fourth-order valence-electron chi connectivity index (χ4n) is 2.60. The zero-order chi connectivity index (χ0) is 15.7. The molecule has 0 spiro atoms. The van der Waals surface area contributed by atoms with E-state index in [1.165, 1.54) is 12.1 Å². The van der Waals surface area contributed by atoms with E-state index < -0.39 is 0 Å². The van der Waals surface area contributed by atoms with Crippen LogP contribution in [0.3, 0.4) is 0 Å². The van der Waals surface area contributed by atoms with Gasteiger partial charge in [-0.2, -0.15) is 0 Å². The van der Waals surface area contributed by atoms with Gasteiger partial charge in [-0.1, -0.05) is 24.3 Å². The highest BCUT2D eigenvalue weighted by molar-refractivity contribution is 6.00. The molecule has 0 radical (unpaired) electrons. The Morgan fingerprint density at radius 3 is 2.73 bits per heavy atom. The SMILES string of the molecule is Cc1ccccc1CNC(=O)c1[nH]c2ccc(F)cc2c1C. The number of halogens is 1. The van der Waals surface area contributed by atoms with Gasteiger partial charge in [-0.15, -0.1) is 0 Å². The molecule has 0 aliphatic heterocycles. The molecule has 0 fully saturated rings. The van der Waals surface area contributed by atoms with E-state index in [1.807, 2.05) is 38.1 Å². The summed E-state index contributed by atoms with van der Waals surface area (Å²) in [5, 5.41) is 3.65. The van der Waals surface area contributed by atoms with Crippen LogP contribution in [0.15, 0.2) is 42.5 Å². The van der Waals surface area contributed by atoms with Gasteiger partial charge < -0.3 is 10.3 Å². The van der Waals surface area contributed by atoms with E-state index in [1.54, 1.807) is 6.07 Å². The van der Waals surface area contributed by atoms with E-state index >= 15 is 0 Å². The molecule has 3 aromatic rings. The van der Waals surface area contributed by atoms with Crippen LogP contribution < -0.4 is 5.32 Å². The van der Waals surface area contributed by atoms with Crippen LogP contribution >= 0.6 is 0 Å². The summed E-state index contributed by atoms with van der Waals surface area (Å²) in [5.74, 6) is -0.487. The molecule has 2 aromatic carbocycles. The Kier molecular flexibility index (Phi) is 3.67. The number of fused-ring (bicyclic) bond motifs is 1. The van der Waals surface area contributed by atoms with Crippen LogP contribution in [0.2, 0.25) is 0 Å². The van der Waals surface area contributed by atoms with Crippen molar-refractivity contribution in [3.05, 3.63) is 70.7 Å². The molecule has 22 heavy (non-hydrogen) atoms. The lowest BCUT2D eigenvalue weighted by Gasteiger charge is -2.07. The minimum Gasteiger partial charge on any atom is -0.350 e. The van der Waals surface area contributed by atoms with Gasteiger partial charge in [0.25, 0.3) is 5.91 Å². The van der Waals surface area contributed by atoms with Gasteiger partial charge in [0.15, 0.2) is 0 Å². The van der Waals surface area contributed by atoms with Gasteiger partial charge >= 0.3 is 0 Å². The van der Waals surface area contributed by atoms with Crippen LogP contribution in [-0.2, 0) is 6.54 Å². The predicted molar refractivity (Wildman–Crippen MR) is 85.3 cm³/mol. The van der Waals surface area contributed by atoms with Crippen molar-refractivity contribution in [2.45, 2.75) is 20.4 Å². The molecule has 0 unspecified atom stereocenters. The lowest BCUT2D eigenvalue weighted by molar-refractivity contribution is 0.0946. The van der Waals surface area contributed by atoms with Crippen molar-refractivity contribution >= 4 is 16.8 Å². The molecule has 4 heteroatoms. The van der Waals surface area contributed by atoms with Crippen molar-refractivity contribution in [3.63, 3.8) is 0 Å². The van der Waals surface area contributed by atoms with Crippen molar-refractivity contribution in [1.82, 2.24) is 10.3 Å². The number of carbonyl (C=O) groups excluding carboxylic acids is 1. The Bertz CT molecular complexity index is 851. The van der Waals surface area contributed by atoms with Gasteiger partial charge in [0.1, 0.15) is 11.5 Å². The number of rotatable bonds is 3. The quantitative estimate of drug-likeness (QED) is 0.757. The number of amides is 1. The largest absolute Gasteiger partial charge is 0.350 e. The van der Waals surface area contributed by atoms with E-state index in [-0.39, 0.29) is 11.7 Å². The van der Waals surface area contributed by atoms with E-state index in [9.17, 15) is 9.18 Å². The first-order valence-electron chi connectivity index (χ1n) is 7.17. The van der Waals surface area contributed by atoms with Gasteiger partial charge in [0.2, 0.25) is 0 Å². The Morgan fingerprint density at radius 1 is 1.18 bits per heavy atom. The van der Waals surface area contributed by atoms with Crippen LogP contribution in [0.5, 0.6) is 0 Å². The number of aromatic nitrogens is 1. The maximum absolute atomic E-state index is 13.3. The van der Waals surface area contributed by atoms with Crippen molar-refractivity contribution in [1.29, 1.82) is 0 Å². The van der Waals surface area contributed by atoms with Gasteiger partial charge in [-0.05, 0) is 48.7 Å². The summed E-state index contributed by atoms with van der Waals surface area (Å²) >= 11 is 0. The number of nitrogens with one attached hydrogen (secondary N) is 2. The Labute approximate surface area is 128 Å². The molecule has 0 bridgehead atoms. The van der Waals surface area contributed by atoms with E-state index in [0.717, 1.165) is 27.6 Å². The molecular weight excluding hydrogens is 279 g/mol. The molecule has 1 heterocycles. The molecule has 2 N–H and O–H groups in total. The monoisotopic (exact) mass is 296 g/mol. The number of benzene rings is 2. The number of H-pyrrole nitrogens is 1. The third kappa shape index (κ3) is 2.60. The summed E-state index contributed by atoms with van der Waals surface area (Å²) in [6.07, 6.45) is 0. The van der Waals surface area contributed by atoms with Gasteiger partial charge in [-0.25, -0.2) is 4.39 Å². The van der Waals surface area contributed by atoms with Crippen molar-refractivity contribution < 1.29 is 9.18 Å². The highest BCUT2D eigenvalue weighted by Crippen LogP contribution is 2.22. The smallest absolute Gasteiger partial charge is 0.268 e. The summed E-state index contributed by atoms with van der Waals surface area (Å²) in [6, 6.07) is 12.4. The Hall–Kier alpha value is -2.62. The number of aromatic amines is 1. The third-order valence-corrected chi connectivity index (χ3v) is 3.95. The van der Waals surface area contributed by atoms with Crippen LogP contribution in [-0.4, -0.2) is 10.9 Å². The number of hydrogen-bond donors (Lipinski definition) is 2. The molecule has 112 valence electrons. The first-order valence-corrected chi connectivity index (χ1v) is 7.17. The predicted octanol–water partition coefficient (Wildman–Crippen LogP) is 3.85. The lowest BCUT2D eigenvalue weighted by atomic mass is 10.1. The summed E-state index contributed by atoms with van der Waals surface area (Å²) < 4.78 is 13.3. The summed E-state index contributed by atoms with van der Waals surface area (Å²) in [4.78, 5) is 15.4. The zero-order valence-electron chi connectivity index (χ0n) is 12.5. The van der Waals surface area contributed by atoms with Crippen molar-refractivity contribution in [3.8, 4) is 0 Å². The Balaban J connectivity index is 1.83. The molecule has 1 amide bonds. The van der Waals surface area contributed by atoms with Crippen LogP contribution in [0.25, 0.3) is 10.9 Å². The maximum Gasteiger partial charge on any atom is 0.268 e. The van der Waals surface area contributed by atoms with E-state index in [0.29, 0.717) is 12.2 Å². The minimum atomic E-state index is -0.304. The van der Waals surface area contributed by atoms with Gasteiger partial charge in [-0.3, -0.25) is 4.79 Å². The van der Waals surface area contributed by atoms with Crippen molar-refractivity contribution in [2.75, 3.05) is 0 Å². The van der Waals surface area contributed by atoms with Crippen LogP contribution in [0, 0.1) is 19.7 Å². The van der Waals surface area contributed by atoms with Crippen LogP contribution in [0.1, 0.15) is 27.2 Å². The number of carbonyl (C=O) groups is 1. The summed E-state index contributed by atoms with van der Waals surface area (Å²) in [5.41, 5.74) is 4.22. The second-order valence-corrected chi connectivity index (χ2v) is 5.42. The standard InChI is InChI=1S/C18H17FN2O/c1-11-5-3-4-6-13(11)10-20-18(22)17-12(2)15-9-14(19)7-8-16(15)21-17/h3-9,21H,10H2,1-2H3,(H,20,22). The zero-order valence-corrected chi connectivity index (χ0v) is 12.5. The fraction of sp³-hybridized carbons (Fsp3) is 0.167. The minimum absolute atomic E-state index is 0.183. The van der Waals surface area contributed by atoms with Crippen LogP contribution in [0.4, 0.5) is 4.39 Å². The number of aryl methyl sites for hydroxylation is 2. The fourth-order valence-corrected chi connectivity index (χ4v) is 2.60. The summed E-state index contributed by atoms with van der Waals surface area (Å²) in [7, 11) is 0. The lowest BCUT2D eigenvalue weighted by Crippen LogP contribution is -2.24.